The summed E-state index contributed by atoms with van der Waals surface area (Å²) in [4.78, 5) is 24.5. The molecule has 2 aromatic carbocycles. The molecule has 0 unspecified atom stereocenters. The Labute approximate surface area is 158 Å². The van der Waals surface area contributed by atoms with Gasteiger partial charge in [0.1, 0.15) is 6.54 Å². The molecule has 5 heteroatoms. The van der Waals surface area contributed by atoms with Gasteiger partial charge in [0.25, 0.3) is 5.56 Å². The van der Waals surface area contributed by atoms with E-state index in [1.165, 1.54) is 16.3 Å². The molecule has 1 heterocycles. The van der Waals surface area contributed by atoms with Gasteiger partial charge in [0.05, 0.1) is 11.7 Å². The third-order valence-electron chi connectivity index (χ3n) is 4.50. The van der Waals surface area contributed by atoms with Crippen molar-refractivity contribution in [3.05, 3.63) is 88.2 Å². The lowest BCUT2D eigenvalue weighted by Gasteiger charge is -2.15. The van der Waals surface area contributed by atoms with E-state index in [0.29, 0.717) is 5.69 Å². The summed E-state index contributed by atoms with van der Waals surface area (Å²) >= 11 is 0. The van der Waals surface area contributed by atoms with Gasteiger partial charge >= 0.3 is 0 Å². The van der Waals surface area contributed by atoms with Gasteiger partial charge < -0.3 is 5.32 Å². The average Bonchev–Trinajstić information content (AvgIpc) is 2.70. The number of aromatic nitrogens is 2. The van der Waals surface area contributed by atoms with Gasteiger partial charge in [-0.1, -0.05) is 61.5 Å². The Hall–Kier alpha value is -3.21. The number of benzene rings is 2. The van der Waals surface area contributed by atoms with Crippen molar-refractivity contribution in [2.75, 3.05) is 0 Å². The molecule has 5 nitrogen and oxygen atoms in total. The summed E-state index contributed by atoms with van der Waals surface area (Å²) < 4.78 is 1.20. The SMILES string of the molecule is CCc1ccc([C@H](C)NC(=O)Cn2nc(-c3ccccc3)ccc2=O)cc1. The molecule has 0 aliphatic heterocycles. The predicted octanol–water partition coefficient (Wildman–Crippen LogP) is 3.35. The molecule has 3 rings (SSSR count). The van der Waals surface area contributed by atoms with Crippen molar-refractivity contribution in [1.29, 1.82) is 0 Å². The Balaban J connectivity index is 1.70. The minimum atomic E-state index is -0.301. The molecule has 0 radical (unpaired) electrons. The van der Waals surface area contributed by atoms with Gasteiger partial charge in [0.2, 0.25) is 5.91 Å². The van der Waals surface area contributed by atoms with Crippen molar-refractivity contribution in [3.8, 4) is 11.3 Å². The monoisotopic (exact) mass is 361 g/mol. The lowest BCUT2D eigenvalue weighted by molar-refractivity contribution is -0.122. The quantitative estimate of drug-likeness (QED) is 0.732. The molecule has 1 N–H and O–H groups in total. The van der Waals surface area contributed by atoms with Crippen LogP contribution in [-0.2, 0) is 17.8 Å². The summed E-state index contributed by atoms with van der Waals surface area (Å²) in [5, 5.41) is 7.26. The number of aryl methyl sites for hydroxylation is 1. The van der Waals surface area contributed by atoms with Crippen LogP contribution in [0.1, 0.15) is 31.0 Å². The zero-order chi connectivity index (χ0) is 19.2. The Kier molecular flexibility index (Phi) is 5.81. The second kappa shape index (κ2) is 8.45. The molecule has 0 bridgehead atoms. The standard InChI is InChI=1S/C22H23N3O2/c1-3-17-9-11-18(12-10-17)16(2)23-21(26)15-25-22(27)14-13-20(24-25)19-7-5-4-6-8-19/h4-14,16H,3,15H2,1-2H3,(H,23,26)/t16-/m0/s1. The summed E-state index contributed by atoms with van der Waals surface area (Å²) in [6, 6.07) is 20.7. The van der Waals surface area contributed by atoms with Crippen LogP contribution in [0.2, 0.25) is 0 Å². The number of carbonyl (C=O) groups is 1. The van der Waals surface area contributed by atoms with E-state index in [2.05, 4.69) is 29.5 Å². The first-order valence-corrected chi connectivity index (χ1v) is 9.08. The second-order valence-electron chi connectivity index (χ2n) is 6.46. The van der Waals surface area contributed by atoms with E-state index in [9.17, 15) is 9.59 Å². The van der Waals surface area contributed by atoms with Crippen LogP contribution in [0.5, 0.6) is 0 Å². The van der Waals surface area contributed by atoms with Crippen LogP contribution < -0.4 is 10.9 Å². The molecule has 0 aliphatic rings. The predicted molar refractivity (Wildman–Crippen MR) is 106 cm³/mol. The molecule has 27 heavy (non-hydrogen) atoms. The minimum Gasteiger partial charge on any atom is -0.348 e. The van der Waals surface area contributed by atoms with Gasteiger partial charge in [0.15, 0.2) is 0 Å². The molecule has 0 saturated heterocycles. The van der Waals surface area contributed by atoms with Crippen molar-refractivity contribution in [3.63, 3.8) is 0 Å². The first-order valence-electron chi connectivity index (χ1n) is 9.08. The molecule has 0 saturated carbocycles. The Bertz CT molecular complexity index is 963. The van der Waals surface area contributed by atoms with Crippen LogP contribution in [0.25, 0.3) is 11.3 Å². The van der Waals surface area contributed by atoms with Crippen molar-refractivity contribution in [2.45, 2.75) is 32.9 Å². The minimum absolute atomic E-state index is 0.114. The summed E-state index contributed by atoms with van der Waals surface area (Å²) in [7, 11) is 0. The van der Waals surface area contributed by atoms with Gasteiger partial charge in [0, 0.05) is 11.6 Å². The third kappa shape index (κ3) is 4.70. The maximum absolute atomic E-state index is 12.4. The fourth-order valence-corrected chi connectivity index (χ4v) is 2.87. The summed E-state index contributed by atoms with van der Waals surface area (Å²) in [6.07, 6.45) is 0.980. The number of nitrogens with one attached hydrogen (secondary N) is 1. The van der Waals surface area contributed by atoms with Crippen LogP contribution in [0.15, 0.2) is 71.5 Å². The topological polar surface area (TPSA) is 64.0 Å². The summed E-state index contributed by atoms with van der Waals surface area (Å²) in [5.41, 5.74) is 3.54. The Morgan fingerprint density at radius 2 is 1.74 bits per heavy atom. The number of hydrogen-bond donors (Lipinski definition) is 1. The van der Waals surface area contributed by atoms with Crippen LogP contribution >= 0.6 is 0 Å². The molecule has 0 aliphatic carbocycles. The van der Waals surface area contributed by atoms with Crippen molar-refractivity contribution < 1.29 is 4.79 Å². The highest BCUT2D eigenvalue weighted by atomic mass is 16.2. The van der Waals surface area contributed by atoms with E-state index >= 15 is 0 Å². The van der Waals surface area contributed by atoms with Crippen molar-refractivity contribution in [2.24, 2.45) is 0 Å². The van der Waals surface area contributed by atoms with E-state index < -0.39 is 0 Å². The number of hydrogen-bond acceptors (Lipinski definition) is 3. The van der Waals surface area contributed by atoms with Gasteiger partial charge in [-0.25, -0.2) is 4.68 Å². The van der Waals surface area contributed by atoms with Gasteiger partial charge in [-0.15, -0.1) is 0 Å². The zero-order valence-corrected chi connectivity index (χ0v) is 15.6. The lowest BCUT2D eigenvalue weighted by atomic mass is 10.1. The number of nitrogens with zero attached hydrogens (tertiary/aromatic N) is 2. The molecule has 0 spiro atoms. The van der Waals surface area contributed by atoms with E-state index in [0.717, 1.165) is 17.5 Å². The average molecular weight is 361 g/mol. The molecule has 0 fully saturated rings. The highest BCUT2D eigenvalue weighted by Gasteiger charge is 2.12. The first kappa shape index (κ1) is 18.6. The Morgan fingerprint density at radius 3 is 2.41 bits per heavy atom. The van der Waals surface area contributed by atoms with Crippen molar-refractivity contribution >= 4 is 5.91 Å². The van der Waals surface area contributed by atoms with Crippen LogP contribution in [0, 0.1) is 0 Å². The zero-order valence-electron chi connectivity index (χ0n) is 15.6. The fourth-order valence-electron chi connectivity index (χ4n) is 2.87. The first-order chi connectivity index (χ1) is 13.1. The summed E-state index contributed by atoms with van der Waals surface area (Å²) in [5.74, 6) is -0.248. The Morgan fingerprint density at radius 1 is 1.04 bits per heavy atom. The molecule has 1 amide bonds. The number of carbonyl (C=O) groups excluding carboxylic acids is 1. The van der Waals surface area contributed by atoms with Crippen LogP contribution in [0.3, 0.4) is 0 Å². The molecular weight excluding hydrogens is 338 g/mol. The lowest BCUT2D eigenvalue weighted by Crippen LogP contribution is -2.34. The van der Waals surface area contributed by atoms with Crippen molar-refractivity contribution in [1.82, 2.24) is 15.1 Å². The molecular formula is C22H23N3O2. The van der Waals surface area contributed by atoms with Crippen LogP contribution in [0.4, 0.5) is 0 Å². The van der Waals surface area contributed by atoms with E-state index in [1.807, 2.05) is 49.4 Å². The van der Waals surface area contributed by atoms with E-state index in [1.54, 1.807) is 6.07 Å². The smallest absolute Gasteiger partial charge is 0.267 e. The van der Waals surface area contributed by atoms with Gasteiger partial charge in [-0.2, -0.15) is 5.10 Å². The molecule has 1 aromatic heterocycles. The highest BCUT2D eigenvalue weighted by Crippen LogP contribution is 2.15. The maximum Gasteiger partial charge on any atom is 0.267 e. The molecule has 3 aromatic rings. The number of rotatable bonds is 6. The maximum atomic E-state index is 12.4. The van der Waals surface area contributed by atoms with E-state index in [4.69, 9.17) is 0 Å². The molecule has 1 atom stereocenters. The highest BCUT2D eigenvalue weighted by molar-refractivity contribution is 5.76. The largest absolute Gasteiger partial charge is 0.348 e. The normalized spacial score (nSPS) is 11.8. The summed E-state index contributed by atoms with van der Waals surface area (Å²) in [6.45, 7) is 3.92. The molecule has 138 valence electrons. The third-order valence-corrected chi connectivity index (χ3v) is 4.50. The fraction of sp³-hybridized carbons (Fsp3) is 0.227. The van der Waals surface area contributed by atoms with Gasteiger partial charge in [-0.3, -0.25) is 9.59 Å². The van der Waals surface area contributed by atoms with E-state index in [-0.39, 0.29) is 24.1 Å². The van der Waals surface area contributed by atoms with Crippen LogP contribution in [-0.4, -0.2) is 15.7 Å². The second-order valence-corrected chi connectivity index (χ2v) is 6.46. The number of amides is 1. The van der Waals surface area contributed by atoms with Gasteiger partial charge in [-0.05, 0) is 30.5 Å².